The van der Waals surface area contributed by atoms with Gasteiger partial charge >= 0.3 is 0 Å². The van der Waals surface area contributed by atoms with E-state index in [1.807, 2.05) is 0 Å². The van der Waals surface area contributed by atoms with Crippen LogP contribution in [-0.4, -0.2) is 42.9 Å². The van der Waals surface area contributed by atoms with Crippen molar-refractivity contribution in [2.24, 2.45) is 5.73 Å². The molecule has 100 valence electrons. The van der Waals surface area contributed by atoms with E-state index < -0.39 is 5.54 Å². The van der Waals surface area contributed by atoms with Crippen LogP contribution in [0.15, 0.2) is 0 Å². The summed E-state index contributed by atoms with van der Waals surface area (Å²) in [4.78, 5) is 11.8. The molecule has 5 nitrogen and oxygen atoms in total. The van der Waals surface area contributed by atoms with Gasteiger partial charge in [-0.15, -0.1) is 0 Å². The van der Waals surface area contributed by atoms with E-state index in [-0.39, 0.29) is 25.0 Å². The lowest BCUT2D eigenvalue weighted by molar-refractivity contribution is -0.126. The highest BCUT2D eigenvalue weighted by Gasteiger charge is 2.33. The number of hydrogen-bond donors (Lipinski definition) is 3. The van der Waals surface area contributed by atoms with Gasteiger partial charge in [-0.3, -0.25) is 4.79 Å². The molecule has 5 heteroatoms. The number of hydrogen-bond acceptors (Lipinski definition) is 4. The van der Waals surface area contributed by atoms with Crippen LogP contribution in [0.2, 0.25) is 0 Å². The van der Waals surface area contributed by atoms with Gasteiger partial charge in [-0.1, -0.05) is 19.3 Å². The molecule has 1 aliphatic carbocycles. The lowest BCUT2D eigenvalue weighted by Crippen LogP contribution is -2.53. The number of aliphatic hydroxyl groups excluding tert-OH is 1. The van der Waals surface area contributed by atoms with Crippen molar-refractivity contribution < 1.29 is 14.6 Å². The van der Waals surface area contributed by atoms with E-state index in [0.29, 0.717) is 6.54 Å². The van der Waals surface area contributed by atoms with Crippen LogP contribution in [0.1, 0.15) is 38.5 Å². The molecule has 1 atom stereocenters. The summed E-state index contributed by atoms with van der Waals surface area (Å²) < 4.78 is 5.08. The van der Waals surface area contributed by atoms with E-state index in [2.05, 4.69) is 5.32 Å². The Hall–Kier alpha value is -0.650. The minimum absolute atomic E-state index is 0.0129. The second-order valence-electron chi connectivity index (χ2n) is 4.84. The third kappa shape index (κ3) is 4.26. The van der Waals surface area contributed by atoms with Gasteiger partial charge < -0.3 is 20.9 Å². The van der Waals surface area contributed by atoms with Gasteiger partial charge in [0.25, 0.3) is 0 Å². The summed E-state index contributed by atoms with van der Waals surface area (Å²) in [5, 5.41) is 12.4. The maximum Gasteiger partial charge on any atom is 0.223 e. The molecule has 0 radical (unpaired) electrons. The average Bonchev–Trinajstić information content (AvgIpc) is 2.37. The number of nitrogens with one attached hydrogen (secondary N) is 1. The van der Waals surface area contributed by atoms with Crippen molar-refractivity contribution in [1.29, 1.82) is 0 Å². The first-order valence-corrected chi connectivity index (χ1v) is 6.30. The van der Waals surface area contributed by atoms with Crippen LogP contribution < -0.4 is 11.1 Å². The Morgan fingerprint density at radius 2 is 2.12 bits per heavy atom. The maximum absolute atomic E-state index is 11.8. The fraction of sp³-hybridized carbons (Fsp3) is 0.917. The Morgan fingerprint density at radius 1 is 1.47 bits per heavy atom. The lowest BCUT2D eigenvalue weighted by atomic mass is 9.82. The molecule has 1 rings (SSSR count). The number of nitrogens with two attached hydrogens (primary N) is 1. The van der Waals surface area contributed by atoms with Crippen LogP contribution in [0, 0.1) is 0 Å². The van der Waals surface area contributed by atoms with Gasteiger partial charge in [0.2, 0.25) is 5.91 Å². The molecule has 0 heterocycles. The first-order chi connectivity index (χ1) is 8.15. The molecule has 0 aromatic heterocycles. The van der Waals surface area contributed by atoms with Gasteiger partial charge in [0, 0.05) is 13.7 Å². The van der Waals surface area contributed by atoms with Crippen molar-refractivity contribution in [3.63, 3.8) is 0 Å². The number of aliphatic hydroxyl groups is 1. The smallest absolute Gasteiger partial charge is 0.223 e. The third-order valence-electron chi connectivity index (χ3n) is 3.53. The van der Waals surface area contributed by atoms with Gasteiger partial charge in [-0.25, -0.2) is 0 Å². The maximum atomic E-state index is 11.8. The first-order valence-electron chi connectivity index (χ1n) is 6.30. The number of methoxy groups -OCH3 is 1. The van der Waals surface area contributed by atoms with Crippen molar-refractivity contribution >= 4 is 5.91 Å². The number of carbonyl (C=O) groups is 1. The van der Waals surface area contributed by atoms with Crippen LogP contribution in [0.4, 0.5) is 0 Å². The topological polar surface area (TPSA) is 84.6 Å². The molecular weight excluding hydrogens is 220 g/mol. The minimum Gasteiger partial charge on any atom is -0.394 e. The standard InChI is InChI=1S/C12H24N2O3/c1-17-10(8-13)7-11(16)14-12(9-15)5-3-2-4-6-12/h10,15H,2-9,13H2,1H3,(H,14,16). The molecular formula is C12H24N2O3. The zero-order valence-electron chi connectivity index (χ0n) is 10.6. The second-order valence-corrected chi connectivity index (χ2v) is 4.84. The average molecular weight is 244 g/mol. The van der Waals surface area contributed by atoms with E-state index in [9.17, 15) is 9.90 Å². The molecule has 1 fully saturated rings. The van der Waals surface area contributed by atoms with E-state index in [1.165, 1.54) is 6.42 Å². The predicted molar refractivity (Wildman–Crippen MR) is 65.5 cm³/mol. The number of ether oxygens (including phenoxy) is 1. The fourth-order valence-corrected chi connectivity index (χ4v) is 2.37. The number of amides is 1. The molecule has 0 aromatic carbocycles. The summed E-state index contributed by atoms with van der Waals surface area (Å²) in [6.45, 7) is 0.342. The molecule has 1 saturated carbocycles. The van der Waals surface area contributed by atoms with E-state index in [0.717, 1.165) is 25.7 Å². The molecule has 0 aromatic rings. The summed E-state index contributed by atoms with van der Waals surface area (Å²) in [5.41, 5.74) is 5.06. The Kier molecular flexibility index (Phi) is 5.88. The SMILES string of the molecule is COC(CN)CC(=O)NC1(CO)CCCCC1. The highest BCUT2D eigenvalue weighted by molar-refractivity contribution is 5.77. The van der Waals surface area contributed by atoms with Crippen LogP contribution >= 0.6 is 0 Å². The Morgan fingerprint density at radius 3 is 2.59 bits per heavy atom. The number of rotatable bonds is 6. The van der Waals surface area contributed by atoms with Crippen LogP contribution in [0.5, 0.6) is 0 Å². The molecule has 1 unspecified atom stereocenters. The highest BCUT2D eigenvalue weighted by Crippen LogP contribution is 2.27. The molecule has 1 aliphatic rings. The largest absolute Gasteiger partial charge is 0.394 e. The van der Waals surface area contributed by atoms with Gasteiger partial charge in [-0.05, 0) is 12.8 Å². The summed E-state index contributed by atoms with van der Waals surface area (Å²) in [6, 6.07) is 0. The predicted octanol–water partition coefficient (Wildman–Crippen LogP) is 0.162. The molecule has 0 saturated heterocycles. The molecule has 4 N–H and O–H groups in total. The van der Waals surface area contributed by atoms with Crippen molar-refractivity contribution in [2.75, 3.05) is 20.3 Å². The molecule has 0 aliphatic heterocycles. The van der Waals surface area contributed by atoms with Gasteiger partial charge in [0.1, 0.15) is 0 Å². The summed E-state index contributed by atoms with van der Waals surface area (Å²) >= 11 is 0. The molecule has 1 amide bonds. The van der Waals surface area contributed by atoms with Crippen molar-refractivity contribution in [3.05, 3.63) is 0 Å². The second kappa shape index (κ2) is 6.93. The first kappa shape index (κ1) is 14.4. The molecule has 0 bridgehead atoms. The van der Waals surface area contributed by atoms with Crippen LogP contribution in [-0.2, 0) is 9.53 Å². The van der Waals surface area contributed by atoms with Gasteiger partial charge in [-0.2, -0.15) is 0 Å². The van der Waals surface area contributed by atoms with Gasteiger partial charge in [0.05, 0.1) is 24.7 Å². The number of carbonyl (C=O) groups excluding carboxylic acids is 1. The molecule has 0 spiro atoms. The lowest BCUT2D eigenvalue weighted by Gasteiger charge is -2.36. The fourth-order valence-electron chi connectivity index (χ4n) is 2.37. The van der Waals surface area contributed by atoms with Crippen LogP contribution in [0.3, 0.4) is 0 Å². The summed E-state index contributed by atoms with van der Waals surface area (Å²) in [7, 11) is 1.55. The van der Waals surface area contributed by atoms with Gasteiger partial charge in [0.15, 0.2) is 0 Å². The van der Waals surface area contributed by atoms with Crippen molar-refractivity contribution in [3.8, 4) is 0 Å². The van der Waals surface area contributed by atoms with E-state index in [1.54, 1.807) is 7.11 Å². The Bertz CT molecular complexity index is 236. The van der Waals surface area contributed by atoms with Crippen molar-refractivity contribution in [1.82, 2.24) is 5.32 Å². The van der Waals surface area contributed by atoms with Crippen LogP contribution in [0.25, 0.3) is 0 Å². The monoisotopic (exact) mass is 244 g/mol. The quantitative estimate of drug-likeness (QED) is 0.621. The zero-order chi connectivity index (χ0) is 12.7. The van der Waals surface area contributed by atoms with E-state index in [4.69, 9.17) is 10.5 Å². The normalized spacial score (nSPS) is 20.9. The third-order valence-corrected chi connectivity index (χ3v) is 3.53. The summed E-state index contributed by atoms with van der Waals surface area (Å²) in [5.74, 6) is -0.0850. The Balaban J connectivity index is 2.47. The highest BCUT2D eigenvalue weighted by atomic mass is 16.5. The summed E-state index contributed by atoms with van der Waals surface area (Å²) in [6.07, 6.45) is 5.03. The van der Waals surface area contributed by atoms with Crippen molar-refractivity contribution in [2.45, 2.75) is 50.2 Å². The molecule has 17 heavy (non-hydrogen) atoms. The Labute approximate surface area is 103 Å². The zero-order valence-corrected chi connectivity index (χ0v) is 10.6. The van der Waals surface area contributed by atoms with E-state index >= 15 is 0 Å². The minimum atomic E-state index is -0.414.